The Balaban J connectivity index is 1.70. The van der Waals surface area contributed by atoms with E-state index in [1.54, 1.807) is 28.2 Å². The van der Waals surface area contributed by atoms with Crippen LogP contribution in [0.2, 0.25) is 0 Å². The molecule has 1 fully saturated rings. The lowest BCUT2D eigenvalue weighted by atomic mass is 10.2. The summed E-state index contributed by atoms with van der Waals surface area (Å²) in [7, 11) is 0. The molecule has 2 aromatic heterocycles. The van der Waals surface area contributed by atoms with Crippen LogP contribution in [0.1, 0.15) is 26.2 Å². The molecule has 0 unspecified atom stereocenters. The second kappa shape index (κ2) is 6.60. The van der Waals surface area contributed by atoms with Crippen LogP contribution in [0.5, 0.6) is 0 Å². The lowest BCUT2D eigenvalue weighted by molar-refractivity contribution is -0.135. The third-order valence-corrected chi connectivity index (χ3v) is 3.91. The molecule has 0 spiro atoms. The second-order valence-electron chi connectivity index (χ2n) is 5.47. The minimum absolute atomic E-state index is 0.0520. The van der Waals surface area contributed by atoms with E-state index >= 15 is 0 Å². The fourth-order valence-electron chi connectivity index (χ4n) is 2.77. The molecule has 1 aliphatic rings. The Labute approximate surface area is 134 Å². The molecule has 2 amide bonds. The van der Waals surface area contributed by atoms with E-state index in [2.05, 4.69) is 15.4 Å². The van der Waals surface area contributed by atoms with Gasteiger partial charge >= 0.3 is 0 Å². The molecule has 3 heterocycles. The number of pyridine rings is 1. The van der Waals surface area contributed by atoms with Gasteiger partial charge in [-0.1, -0.05) is 13.0 Å². The Hall–Kier alpha value is -2.70. The van der Waals surface area contributed by atoms with Crippen molar-refractivity contribution in [1.82, 2.24) is 19.7 Å². The molecule has 7 heteroatoms. The van der Waals surface area contributed by atoms with Gasteiger partial charge in [-0.15, -0.1) is 0 Å². The molecule has 0 aromatic carbocycles. The number of aromatic nitrogens is 3. The third-order valence-electron chi connectivity index (χ3n) is 3.91. The average molecular weight is 313 g/mol. The first-order valence-corrected chi connectivity index (χ1v) is 7.75. The Morgan fingerprint density at radius 3 is 2.96 bits per heavy atom. The smallest absolute Gasteiger partial charge is 0.247 e. The van der Waals surface area contributed by atoms with Gasteiger partial charge in [0.05, 0.1) is 18.1 Å². The summed E-state index contributed by atoms with van der Waals surface area (Å²) in [6.45, 7) is 2.56. The van der Waals surface area contributed by atoms with E-state index in [1.807, 2.05) is 25.1 Å². The molecule has 120 valence electrons. The number of hydrogen-bond donors (Lipinski definition) is 1. The Morgan fingerprint density at radius 1 is 1.43 bits per heavy atom. The van der Waals surface area contributed by atoms with Gasteiger partial charge in [0.2, 0.25) is 11.8 Å². The summed E-state index contributed by atoms with van der Waals surface area (Å²) in [5.41, 5.74) is 0.589. The molecule has 2 aromatic rings. The Kier molecular flexibility index (Phi) is 4.36. The van der Waals surface area contributed by atoms with E-state index in [-0.39, 0.29) is 11.8 Å². The minimum atomic E-state index is -0.428. The molecule has 0 aliphatic carbocycles. The lowest BCUT2D eigenvalue weighted by Crippen LogP contribution is -2.44. The van der Waals surface area contributed by atoms with E-state index in [9.17, 15) is 9.59 Å². The highest BCUT2D eigenvalue weighted by Gasteiger charge is 2.31. The fraction of sp³-hybridized carbons (Fsp3) is 0.375. The molecular weight excluding hydrogens is 294 g/mol. The molecule has 3 rings (SSSR count). The first-order chi connectivity index (χ1) is 11.2. The standard InChI is InChI=1S/C16H19N5O2/c1-2-13(20-9-5-7-15(20)22)16(23)19-12-10-18-21(11-12)14-6-3-4-8-17-14/h3-4,6,8,10-11,13H,2,5,7,9H2,1H3,(H,19,23)/t13-/m0/s1. The molecule has 0 saturated carbocycles. The van der Waals surface area contributed by atoms with Gasteiger partial charge in [-0.25, -0.2) is 9.67 Å². The number of likely N-dealkylation sites (tertiary alicyclic amines) is 1. The van der Waals surface area contributed by atoms with Crippen LogP contribution < -0.4 is 5.32 Å². The molecule has 1 aliphatic heterocycles. The Morgan fingerprint density at radius 2 is 2.30 bits per heavy atom. The topological polar surface area (TPSA) is 80.1 Å². The normalized spacial score (nSPS) is 15.7. The maximum atomic E-state index is 12.5. The van der Waals surface area contributed by atoms with Crippen LogP contribution in [0, 0.1) is 0 Å². The molecule has 7 nitrogen and oxygen atoms in total. The number of carbonyl (C=O) groups excluding carboxylic acids is 2. The number of hydrogen-bond acceptors (Lipinski definition) is 4. The molecule has 0 radical (unpaired) electrons. The van der Waals surface area contributed by atoms with Gasteiger partial charge in [0.25, 0.3) is 0 Å². The van der Waals surface area contributed by atoms with Crippen LogP contribution in [0.4, 0.5) is 5.69 Å². The zero-order valence-corrected chi connectivity index (χ0v) is 13.0. The van der Waals surface area contributed by atoms with Crippen LogP contribution in [0.25, 0.3) is 5.82 Å². The van der Waals surface area contributed by atoms with Crippen LogP contribution >= 0.6 is 0 Å². The summed E-state index contributed by atoms with van der Waals surface area (Å²) >= 11 is 0. The average Bonchev–Trinajstić information content (AvgIpc) is 3.19. The molecular formula is C16H19N5O2. The van der Waals surface area contributed by atoms with Crippen molar-refractivity contribution in [3.63, 3.8) is 0 Å². The lowest BCUT2D eigenvalue weighted by Gasteiger charge is -2.25. The predicted molar refractivity (Wildman–Crippen MR) is 85.0 cm³/mol. The van der Waals surface area contributed by atoms with Crippen molar-refractivity contribution in [2.45, 2.75) is 32.2 Å². The van der Waals surface area contributed by atoms with E-state index in [0.717, 1.165) is 6.42 Å². The Bertz CT molecular complexity index is 698. The summed E-state index contributed by atoms with van der Waals surface area (Å²) in [6, 6.07) is 5.10. The predicted octanol–water partition coefficient (Wildman–Crippen LogP) is 1.61. The van der Waals surface area contributed by atoms with E-state index in [1.165, 1.54) is 0 Å². The van der Waals surface area contributed by atoms with Gasteiger partial charge in [-0.3, -0.25) is 9.59 Å². The highest BCUT2D eigenvalue weighted by atomic mass is 16.2. The number of carbonyl (C=O) groups is 2. The summed E-state index contributed by atoms with van der Waals surface area (Å²) < 4.78 is 1.59. The summed E-state index contributed by atoms with van der Waals surface area (Å²) in [4.78, 5) is 30.2. The monoisotopic (exact) mass is 313 g/mol. The molecule has 1 saturated heterocycles. The van der Waals surface area contributed by atoms with Crippen molar-refractivity contribution < 1.29 is 9.59 Å². The van der Waals surface area contributed by atoms with E-state index < -0.39 is 6.04 Å². The van der Waals surface area contributed by atoms with Gasteiger partial charge < -0.3 is 10.2 Å². The summed E-state index contributed by atoms with van der Waals surface area (Å²) in [6.07, 6.45) is 6.90. The molecule has 1 N–H and O–H groups in total. The van der Waals surface area contributed by atoms with Crippen LogP contribution in [-0.4, -0.2) is 44.1 Å². The highest BCUT2D eigenvalue weighted by molar-refractivity contribution is 5.97. The number of amides is 2. The molecule has 23 heavy (non-hydrogen) atoms. The second-order valence-corrected chi connectivity index (χ2v) is 5.47. The first kappa shape index (κ1) is 15.2. The van der Waals surface area contributed by atoms with Gasteiger partial charge in [0.15, 0.2) is 5.82 Å². The zero-order valence-electron chi connectivity index (χ0n) is 13.0. The quantitative estimate of drug-likeness (QED) is 0.909. The van der Waals surface area contributed by atoms with Crippen molar-refractivity contribution in [3.8, 4) is 5.82 Å². The van der Waals surface area contributed by atoms with Crippen molar-refractivity contribution in [3.05, 3.63) is 36.8 Å². The third kappa shape index (κ3) is 3.23. The van der Waals surface area contributed by atoms with Crippen molar-refractivity contribution in [2.24, 2.45) is 0 Å². The van der Waals surface area contributed by atoms with Gasteiger partial charge in [0, 0.05) is 19.2 Å². The summed E-state index contributed by atoms with van der Waals surface area (Å²) in [5, 5.41) is 7.03. The molecule has 0 bridgehead atoms. The van der Waals surface area contributed by atoms with Crippen molar-refractivity contribution in [1.29, 1.82) is 0 Å². The van der Waals surface area contributed by atoms with Gasteiger partial charge in [0.1, 0.15) is 6.04 Å². The number of anilines is 1. The van der Waals surface area contributed by atoms with E-state index in [4.69, 9.17) is 0 Å². The number of nitrogens with zero attached hydrogens (tertiary/aromatic N) is 4. The minimum Gasteiger partial charge on any atom is -0.331 e. The maximum Gasteiger partial charge on any atom is 0.247 e. The van der Waals surface area contributed by atoms with E-state index in [0.29, 0.717) is 30.9 Å². The number of nitrogens with one attached hydrogen (secondary N) is 1. The van der Waals surface area contributed by atoms with Gasteiger partial charge in [-0.2, -0.15) is 5.10 Å². The largest absolute Gasteiger partial charge is 0.331 e. The van der Waals surface area contributed by atoms with Crippen molar-refractivity contribution in [2.75, 3.05) is 11.9 Å². The highest BCUT2D eigenvalue weighted by Crippen LogP contribution is 2.18. The SMILES string of the molecule is CC[C@@H](C(=O)Nc1cnn(-c2ccccn2)c1)N1CCCC1=O. The fourth-order valence-corrected chi connectivity index (χ4v) is 2.77. The van der Waals surface area contributed by atoms with Gasteiger partial charge in [-0.05, 0) is 25.0 Å². The van der Waals surface area contributed by atoms with Crippen molar-refractivity contribution >= 4 is 17.5 Å². The first-order valence-electron chi connectivity index (χ1n) is 7.75. The van der Waals surface area contributed by atoms with Crippen LogP contribution in [0.3, 0.4) is 0 Å². The van der Waals surface area contributed by atoms with Crippen LogP contribution in [0.15, 0.2) is 36.8 Å². The maximum absolute atomic E-state index is 12.5. The molecule has 1 atom stereocenters. The summed E-state index contributed by atoms with van der Waals surface area (Å²) in [5.74, 6) is 0.550. The number of rotatable bonds is 5. The zero-order chi connectivity index (χ0) is 16.2. The van der Waals surface area contributed by atoms with Crippen LogP contribution in [-0.2, 0) is 9.59 Å².